The summed E-state index contributed by atoms with van der Waals surface area (Å²) in [5.41, 5.74) is 0.369. The summed E-state index contributed by atoms with van der Waals surface area (Å²) in [6.07, 6.45) is 6.87. The topological polar surface area (TPSA) is 75.6 Å². The van der Waals surface area contributed by atoms with Crippen molar-refractivity contribution in [3.05, 3.63) is 29.3 Å². The number of benzene rings is 1. The number of carbonyl (C=O) groups excluding carboxylic acids is 1. The van der Waals surface area contributed by atoms with E-state index < -0.39 is 5.97 Å². The molecule has 0 saturated heterocycles. The molecule has 0 heterocycles. The fourth-order valence-corrected chi connectivity index (χ4v) is 2.43. The van der Waals surface area contributed by atoms with Crippen LogP contribution in [0, 0.1) is 5.92 Å². The second-order valence-corrected chi connectivity index (χ2v) is 6.74. The third-order valence-corrected chi connectivity index (χ3v) is 3.90. The van der Waals surface area contributed by atoms with E-state index in [1.165, 1.54) is 31.7 Å². The Kier molecular flexibility index (Phi) is 9.66. The predicted molar refractivity (Wildman–Crippen MR) is 99.4 cm³/mol. The molecule has 1 aromatic rings. The van der Waals surface area contributed by atoms with Crippen LogP contribution >= 0.6 is 0 Å². The number of carboxylic acids is 1. The van der Waals surface area contributed by atoms with Gasteiger partial charge in [0.05, 0.1) is 6.61 Å². The third-order valence-electron chi connectivity index (χ3n) is 3.90. The van der Waals surface area contributed by atoms with Crippen LogP contribution in [0.25, 0.3) is 0 Å². The van der Waals surface area contributed by atoms with Gasteiger partial charge in [0.2, 0.25) is 0 Å². The van der Waals surface area contributed by atoms with Gasteiger partial charge in [0.15, 0.2) is 0 Å². The van der Waals surface area contributed by atoms with Gasteiger partial charge in [0.25, 0.3) is 5.91 Å². The van der Waals surface area contributed by atoms with Crippen LogP contribution in [0.15, 0.2) is 18.2 Å². The zero-order chi connectivity index (χ0) is 18.7. The van der Waals surface area contributed by atoms with Crippen LogP contribution in [0.5, 0.6) is 5.75 Å². The lowest BCUT2D eigenvalue weighted by molar-refractivity contribution is 0.0692. The highest BCUT2D eigenvalue weighted by molar-refractivity contribution is 5.98. The maximum Gasteiger partial charge on any atom is 0.339 e. The van der Waals surface area contributed by atoms with Gasteiger partial charge in [-0.25, -0.2) is 4.79 Å². The number of rotatable bonds is 12. The van der Waals surface area contributed by atoms with Crippen LogP contribution in [0.4, 0.5) is 0 Å². The van der Waals surface area contributed by atoms with Crippen molar-refractivity contribution in [2.45, 2.75) is 59.3 Å². The Morgan fingerprint density at radius 3 is 2.44 bits per heavy atom. The van der Waals surface area contributed by atoms with Gasteiger partial charge in [-0.3, -0.25) is 4.79 Å². The average molecular weight is 349 g/mol. The Labute approximate surface area is 150 Å². The normalized spacial score (nSPS) is 10.7. The summed E-state index contributed by atoms with van der Waals surface area (Å²) >= 11 is 0. The Hall–Kier alpha value is -2.04. The first-order chi connectivity index (χ1) is 12.0. The summed E-state index contributed by atoms with van der Waals surface area (Å²) in [5, 5.41) is 12.2. The summed E-state index contributed by atoms with van der Waals surface area (Å²) in [5.74, 6) is -0.695. The standard InChI is InChI=1S/C20H31NO4/c1-4-5-6-7-8-9-12-25-18-11-10-16(13-17(18)20(23)24)19(22)21-14-15(2)3/h10-11,13,15H,4-9,12,14H2,1-3H3,(H,21,22)(H,23,24). The largest absolute Gasteiger partial charge is 0.493 e. The van der Waals surface area contributed by atoms with Crippen LogP contribution in [0.2, 0.25) is 0 Å². The van der Waals surface area contributed by atoms with Gasteiger partial charge in [-0.1, -0.05) is 52.9 Å². The number of carboxylic acid groups (broad SMARTS) is 1. The summed E-state index contributed by atoms with van der Waals surface area (Å²) in [6.45, 7) is 7.23. The third kappa shape index (κ3) is 8.05. The van der Waals surface area contributed by atoms with Crippen LogP contribution in [0.1, 0.15) is 80.0 Å². The minimum absolute atomic E-state index is 0.0307. The number of aromatic carboxylic acids is 1. The van der Waals surface area contributed by atoms with Crippen LogP contribution in [0.3, 0.4) is 0 Å². The molecule has 5 heteroatoms. The summed E-state index contributed by atoms with van der Waals surface area (Å²) < 4.78 is 5.63. The molecule has 0 spiro atoms. The molecule has 1 aromatic carbocycles. The lowest BCUT2D eigenvalue weighted by atomic mass is 10.1. The molecule has 0 bridgehead atoms. The lowest BCUT2D eigenvalue weighted by Crippen LogP contribution is -2.27. The highest BCUT2D eigenvalue weighted by atomic mass is 16.5. The molecule has 0 unspecified atom stereocenters. The summed E-state index contributed by atoms with van der Waals surface area (Å²) in [4.78, 5) is 23.5. The summed E-state index contributed by atoms with van der Waals surface area (Å²) in [7, 11) is 0. The number of hydrogen-bond donors (Lipinski definition) is 2. The molecule has 0 radical (unpaired) electrons. The Morgan fingerprint density at radius 1 is 1.12 bits per heavy atom. The highest BCUT2D eigenvalue weighted by Crippen LogP contribution is 2.21. The van der Waals surface area contributed by atoms with E-state index in [9.17, 15) is 14.7 Å². The number of hydrogen-bond acceptors (Lipinski definition) is 3. The van der Waals surface area contributed by atoms with Crippen molar-refractivity contribution < 1.29 is 19.4 Å². The fourth-order valence-electron chi connectivity index (χ4n) is 2.43. The molecule has 1 rings (SSSR count). The Morgan fingerprint density at radius 2 is 1.80 bits per heavy atom. The van der Waals surface area contributed by atoms with Crippen molar-refractivity contribution in [3.63, 3.8) is 0 Å². The number of amides is 1. The molecule has 5 nitrogen and oxygen atoms in total. The monoisotopic (exact) mass is 349 g/mol. The molecule has 25 heavy (non-hydrogen) atoms. The molecule has 2 N–H and O–H groups in total. The smallest absolute Gasteiger partial charge is 0.339 e. The van der Waals surface area contributed by atoms with Crippen molar-refractivity contribution >= 4 is 11.9 Å². The molecule has 0 aromatic heterocycles. The molecular weight excluding hydrogens is 318 g/mol. The van der Waals surface area contributed by atoms with E-state index in [1.54, 1.807) is 12.1 Å². The molecule has 0 fully saturated rings. The van der Waals surface area contributed by atoms with Crippen molar-refractivity contribution in [3.8, 4) is 5.75 Å². The van der Waals surface area contributed by atoms with E-state index in [0.717, 1.165) is 12.8 Å². The number of ether oxygens (including phenoxy) is 1. The van der Waals surface area contributed by atoms with E-state index in [-0.39, 0.29) is 11.5 Å². The highest BCUT2D eigenvalue weighted by Gasteiger charge is 2.15. The Balaban J connectivity index is 2.59. The molecule has 0 aliphatic carbocycles. The molecule has 0 saturated carbocycles. The number of carbonyl (C=O) groups is 2. The van der Waals surface area contributed by atoms with Crippen molar-refractivity contribution in [2.75, 3.05) is 13.2 Å². The van der Waals surface area contributed by atoms with Crippen molar-refractivity contribution in [2.24, 2.45) is 5.92 Å². The van der Waals surface area contributed by atoms with Crippen molar-refractivity contribution in [1.29, 1.82) is 0 Å². The SMILES string of the molecule is CCCCCCCCOc1ccc(C(=O)NCC(C)C)cc1C(=O)O. The molecule has 1 amide bonds. The maximum atomic E-state index is 12.1. The molecular formula is C20H31NO4. The van der Waals surface area contributed by atoms with Gasteiger partial charge in [-0.05, 0) is 30.5 Å². The molecule has 0 aliphatic heterocycles. The van der Waals surface area contributed by atoms with E-state index >= 15 is 0 Å². The molecule has 0 aliphatic rings. The van der Waals surface area contributed by atoms with E-state index in [1.807, 2.05) is 13.8 Å². The van der Waals surface area contributed by atoms with Gasteiger partial charge in [0, 0.05) is 12.1 Å². The minimum atomic E-state index is -1.09. The first-order valence-electron chi connectivity index (χ1n) is 9.24. The molecule has 0 atom stereocenters. The number of unbranched alkanes of at least 4 members (excludes halogenated alkanes) is 5. The lowest BCUT2D eigenvalue weighted by Gasteiger charge is -2.12. The first kappa shape index (κ1) is 21.0. The second kappa shape index (κ2) is 11.5. The van der Waals surface area contributed by atoms with E-state index in [2.05, 4.69) is 12.2 Å². The van der Waals surface area contributed by atoms with Crippen LogP contribution in [-0.2, 0) is 0 Å². The van der Waals surface area contributed by atoms with Crippen LogP contribution < -0.4 is 10.1 Å². The number of nitrogens with one attached hydrogen (secondary N) is 1. The summed E-state index contributed by atoms with van der Waals surface area (Å²) in [6, 6.07) is 4.57. The zero-order valence-electron chi connectivity index (χ0n) is 15.6. The quantitative estimate of drug-likeness (QED) is 0.544. The van der Waals surface area contributed by atoms with Gasteiger partial charge in [-0.15, -0.1) is 0 Å². The predicted octanol–water partition coefficient (Wildman–Crippen LogP) is 4.51. The minimum Gasteiger partial charge on any atom is -0.493 e. The average Bonchev–Trinajstić information content (AvgIpc) is 2.58. The van der Waals surface area contributed by atoms with Gasteiger partial charge in [-0.2, -0.15) is 0 Å². The van der Waals surface area contributed by atoms with E-state index in [0.29, 0.717) is 30.4 Å². The second-order valence-electron chi connectivity index (χ2n) is 6.74. The van der Waals surface area contributed by atoms with Gasteiger partial charge >= 0.3 is 5.97 Å². The Bertz CT molecular complexity index is 555. The van der Waals surface area contributed by atoms with Crippen LogP contribution in [-0.4, -0.2) is 30.1 Å². The van der Waals surface area contributed by atoms with E-state index in [4.69, 9.17) is 4.74 Å². The maximum absolute atomic E-state index is 12.1. The van der Waals surface area contributed by atoms with Gasteiger partial charge < -0.3 is 15.2 Å². The van der Waals surface area contributed by atoms with Crippen molar-refractivity contribution in [1.82, 2.24) is 5.32 Å². The molecule has 140 valence electrons. The zero-order valence-corrected chi connectivity index (χ0v) is 15.6. The fraction of sp³-hybridized carbons (Fsp3) is 0.600. The van der Waals surface area contributed by atoms with Gasteiger partial charge in [0.1, 0.15) is 11.3 Å². The first-order valence-corrected chi connectivity index (χ1v) is 9.24.